The smallest absolute Gasteiger partial charge is 0.406 e. The fourth-order valence-corrected chi connectivity index (χ4v) is 3.83. The molecule has 31 heavy (non-hydrogen) atoms. The van der Waals surface area contributed by atoms with Crippen LogP contribution < -0.4 is 10.1 Å². The zero-order valence-electron chi connectivity index (χ0n) is 16.9. The molecule has 2 aromatic rings. The molecule has 0 atom stereocenters. The highest BCUT2D eigenvalue weighted by Crippen LogP contribution is 2.32. The summed E-state index contributed by atoms with van der Waals surface area (Å²) < 4.78 is 40.8. The van der Waals surface area contributed by atoms with Crippen LogP contribution in [0.25, 0.3) is 0 Å². The van der Waals surface area contributed by atoms with Crippen molar-refractivity contribution in [2.45, 2.75) is 51.3 Å². The molecule has 1 saturated carbocycles. The van der Waals surface area contributed by atoms with Gasteiger partial charge in [-0.25, -0.2) is 0 Å². The van der Waals surface area contributed by atoms with Crippen LogP contribution in [-0.2, 0) is 17.6 Å². The Morgan fingerprint density at radius 1 is 1.13 bits per heavy atom. The summed E-state index contributed by atoms with van der Waals surface area (Å²) in [6.07, 6.45) is 0.808. The molecule has 0 aliphatic heterocycles. The molecular weight excluding hydrogens is 409 g/mol. The third kappa shape index (κ3) is 7.55. The predicted octanol–water partition coefficient (Wildman–Crippen LogP) is 4.82. The second kappa shape index (κ2) is 10.2. The zero-order chi connectivity index (χ0) is 22.3. The molecule has 1 N–H and O–H groups in total. The number of carbonyl (C=O) groups is 1. The third-order valence-electron chi connectivity index (χ3n) is 5.33. The molecule has 9 heteroatoms. The Hall–Kier alpha value is -3.15. The number of rotatable bonds is 7. The van der Waals surface area contributed by atoms with Crippen molar-refractivity contribution in [3.8, 4) is 11.8 Å². The van der Waals surface area contributed by atoms with E-state index in [1.807, 2.05) is 6.07 Å². The van der Waals surface area contributed by atoms with E-state index in [9.17, 15) is 18.0 Å². The number of anilines is 1. The van der Waals surface area contributed by atoms with Crippen molar-refractivity contribution >= 4 is 11.7 Å². The van der Waals surface area contributed by atoms with E-state index in [1.54, 1.807) is 12.1 Å². The van der Waals surface area contributed by atoms with E-state index in [-0.39, 0.29) is 18.0 Å². The second-order valence-electron chi connectivity index (χ2n) is 7.78. The monoisotopic (exact) mass is 432 g/mol. The van der Waals surface area contributed by atoms with Crippen molar-refractivity contribution in [2.75, 3.05) is 5.32 Å². The van der Waals surface area contributed by atoms with Crippen LogP contribution in [0.5, 0.6) is 5.75 Å². The molecule has 6 nitrogen and oxygen atoms in total. The number of nitrogens with zero attached hydrogens (tertiary/aromatic N) is 3. The fraction of sp³-hybridized carbons (Fsp3) is 0.455. The summed E-state index contributed by atoms with van der Waals surface area (Å²) in [6.45, 7) is 0. The number of hydrogen-bond acceptors (Lipinski definition) is 5. The van der Waals surface area contributed by atoms with Crippen molar-refractivity contribution in [3.05, 3.63) is 47.7 Å². The standard InChI is InChI=1S/C22H23F3N4O2/c23-22(24,25)31-19-3-1-2-17(13-19)14-21(30)27-20-9-8-18(28-29-20)12-16-6-4-15(5-7-16)10-11-26/h1-3,8-9,13,15-16H,4-7,10,12,14H2,(H,27,29,30). The second-order valence-corrected chi connectivity index (χ2v) is 7.78. The van der Waals surface area contributed by atoms with Gasteiger partial charge in [0.15, 0.2) is 5.82 Å². The molecule has 0 saturated heterocycles. The summed E-state index contributed by atoms with van der Waals surface area (Å²) in [6, 6.07) is 11.0. The maximum atomic E-state index is 12.3. The van der Waals surface area contributed by atoms with Crippen LogP contribution in [0.2, 0.25) is 0 Å². The molecule has 0 spiro atoms. The number of alkyl halides is 3. The molecule has 0 radical (unpaired) electrons. The number of halogens is 3. The minimum atomic E-state index is -4.78. The summed E-state index contributed by atoms with van der Waals surface area (Å²) in [5.41, 5.74) is 1.23. The van der Waals surface area contributed by atoms with Crippen LogP contribution in [0.3, 0.4) is 0 Å². The van der Waals surface area contributed by atoms with E-state index < -0.39 is 12.3 Å². The number of carbonyl (C=O) groups excluding carboxylic acids is 1. The Morgan fingerprint density at radius 3 is 2.52 bits per heavy atom. The molecule has 1 aromatic heterocycles. The van der Waals surface area contributed by atoms with Gasteiger partial charge in [-0.2, -0.15) is 10.4 Å². The Bertz CT molecular complexity index is 918. The molecule has 0 unspecified atom stereocenters. The van der Waals surface area contributed by atoms with E-state index in [4.69, 9.17) is 5.26 Å². The van der Waals surface area contributed by atoms with Gasteiger partial charge in [-0.05, 0) is 73.8 Å². The first-order valence-corrected chi connectivity index (χ1v) is 10.1. The highest BCUT2D eigenvalue weighted by atomic mass is 19.4. The van der Waals surface area contributed by atoms with Gasteiger partial charge in [-0.15, -0.1) is 18.3 Å². The average molecular weight is 432 g/mol. The van der Waals surface area contributed by atoms with Crippen LogP contribution in [0.1, 0.15) is 43.4 Å². The third-order valence-corrected chi connectivity index (χ3v) is 5.33. The molecule has 1 fully saturated rings. The molecule has 1 aromatic carbocycles. The first kappa shape index (κ1) is 22.5. The molecule has 3 rings (SSSR count). The van der Waals surface area contributed by atoms with Crippen molar-refractivity contribution in [1.29, 1.82) is 5.26 Å². The summed E-state index contributed by atoms with van der Waals surface area (Å²) in [7, 11) is 0. The van der Waals surface area contributed by atoms with Crippen molar-refractivity contribution < 1.29 is 22.7 Å². The number of amides is 1. The number of hydrogen-bond donors (Lipinski definition) is 1. The Kier molecular flexibility index (Phi) is 7.45. The van der Waals surface area contributed by atoms with Gasteiger partial charge < -0.3 is 10.1 Å². The molecular formula is C22H23F3N4O2. The normalized spacial score (nSPS) is 18.8. The largest absolute Gasteiger partial charge is 0.573 e. The number of aromatic nitrogens is 2. The first-order valence-electron chi connectivity index (χ1n) is 10.1. The summed E-state index contributed by atoms with van der Waals surface area (Å²) >= 11 is 0. The molecule has 0 bridgehead atoms. The molecule has 1 aliphatic carbocycles. The summed E-state index contributed by atoms with van der Waals surface area (Å²) in [4.78, 5) is 12.2. The van der Waals surface area contributed by atoms with Gasteiger partial charge in [0, 0.05) is 6.42 Å². The minimum Gasteiger partial charge on any atom is -0.406 e. The topological polar surface area (TPSA) is 87.9 Å². The van der Waals surface area contributed by atoms with Gasteiger partial charge in [0.2, 0.25) is 5.91 Å². The molecule has 1 amide bonds. The van der Waals surface area contributed by atoms with Crippen LogP contribution >= 0.6 is 0 Å². The van der Waals surface area contributed by atoms with Gasteiger partial charge in [-0.1, -0.05) is 12.1 Å². The lowest BCUT2D eigenvalue weighted by Gasteiger charge is -2.26. The van der Waals surface area contributed by atoms with Gasteiger partial charge in [0.25, 0.3) is 0 Å². The maximum Gasteiger partial charge on any atom is 0.573 e. The number of benzene rings is 1. The van der Waals surface area contributed by atoms with Crippen LogP contribution in [-0.4, -0.2) is 22.5 Å². The summed E-state index contributed by atoms with van der Waals surface area (Å²) in [5, 5.41) is 19.6. The Balaban J connectivity index is 1.48. The van der Waals surface area contributed by atoms with Crippen LogP contribution in [0.4, 0.5) is 19.0 Å². The van der Waals surface area contributed by atoms with Gasteiger partial charge in [0.1, 0.15) is 5.75 Å². The molecule has 164 valence electrons. The van der Waals surface area contributed by atoms with Gasteiger partial charge in [-0.3, -0.25) is 4.79 Å². The van der Waals surface area contributed by atoms with Gasteiger partial charge >= 0.3 is 6.36 Å². The quantitative estimate of drug-likeness (QED) is 0.678. The highest BCUT2D eigenvalue weighted by molar-refractivity contribution is 5.91. The SMILES string of the molecule is N#CCC1CCC(Cc2ccc(NC(=O)Cc3cccc(OC(F)(F)F)c3)nn2)CC1. The maximum absolute atomic E-state index is 12.3. The Morgan fingerprint density at radius 2 is 1.87 bits per heavy atom. The zero-order valence-corrected chi connectivity index (χ0v) is 16.9. The lowest BCUT2D eigenvalue weighted by Crippen LogP contribution is -2.18. The molecule has 1 heterocycles. The molecule has 1 aliphatic rings. The van der Waals surface area contributed by atoms with E-state index >= 15 is 0 Å². The Labute approximate surface area is 178 Å². The van der Waals surface area contributed by atoms with E-state index in [0.29, 0.717) is 23.8 Å². The fourth-order valence-electron chi connectivity index (χ4n) is 3.83. The van der Waals surface area contributed by atoms with Crippen molar-refractivity contribution in [2.24, 2.45) is 11.8 Å². The van der Waals surface area contributed by atoms with Gasteiger partial charge in [0.05, 0.1) is 18.2 Å². The summed E-state index contributed by atoms with van der Waals surface area (Å²) in [5.74, 6) is 0.529. The van der Waals surface area contributed by atoms with E-state index in [1.165, 1.54) is 18.2 Å². The van der Waals surface area contributed by atoms with E-state index in [2.05, 4.69) is 26.3 Å². The van der Waals surface area contributed by atoms with Crippen molar-refractivity contribution in [3.63, 3.8) is 0 Å². The first-order chi connectivity index (χ1) is 14.8. The minimum absolute atomic E-state index is 0.121. The predicted molar refractivity (Wildman–Crippen MR) is 107 cm³/mol. The van der Waals surface area contributed by atoms with Crippen molar-refractivity contribution in [1.82, 2.24) is 10.2 Å². The lowest BCUT2D eigenvalue weighted by atomic mass is 9.79. The van der Waals surface area contributed by atoms with Crippen LogP contribution in [0, 0.1) is 23.2 Å². The number of nitrogens with one attached hydrogen (secondary N) is 1. The highest BCUT2D eigenvalue weighted by Gasteiger charge is 2.31. The number of ether oxygens (including phenoxy) is 1. The van der Waals surface area contributed by atoms with E-state index in [0.717, 1.165) is 37.8 Å². The van der Waals surface area contributed by atoms with Crippen LogP contribution in [0.15, 0.2) is 36.4 Å². The average Bonchev–Trinajstić information content (AvgIpc) is 2.70. The number of nitriles is 1. The lowest BCUT2D eigenvalue weighted by molar-refractivity contribution is -0.274.